The largest absolute Gasteiger partial charge is 0.624 e. The molecule has 2 heterocycles. The summed E-state index contributed by atoms with van der Waals surface area (Å²) in [5.74, 6) is -0.727. The molecule has 4 aliphatic rings. The van der Waals surface area contributed by atoms with Crippen molar-refractivity contribution in [1.29, 1.82) is 0 Å². The second-order valence-corrected chi connectivity index (χ2v) is 19.5. The van der Waals surface area contributed by atoms with E-state index in [9.17, 15) is 14.8 Å². The number of hydrogen-bond acceptors (Lipinski definition) is 9. The normalized spacial score (nSPS) is 24.1. The molecular formula is C46H67N3O7. The van der Waals surface area contributed by atoms with Gasteiger partial charge in [0.2, 0.25) is 0 Å². The van der Waals surface area contributed by atoms with Crippen LogP contribution in [-0.2, 0) is 25.7 Å². The fourth-order valence-corrected chi connectivity index (χ4v) is 10.0. The SMILES string of the molecule is CC1(C)CC(OC(=O)c2ccc(C=[N+]([O-])Cc3ccc(C(=O)OC4CC(C)(C)N(OC5CCCCC5)C(C)(C)C4)cc3)cc2)CC(C)(C)N1OC1CCCCC1. The Bertz CT molecular complexity index is 1640. The predicted molar refractivity (Wildman–Crippen MR) is 218 cm³/mol. The predicted octanol–water partition coefficient (Wildman–Crippen LogP) is 9.70. The van der Waals surface area contributed by atoms with Crippen LogP contribution in [-0.4, -0.2) is 79.6 Å². The first-order chi connectivity index (χ1) is 26.4. The molecule has 308 valence electrons. The molecule has 2 aromatic rings. The Morgan fingerprint density at radius 2 is 0.946 bits per heavy atom. The number of hydrogen-bond donors (Lipinski definition) is 0. The number of carbonyl (C=O) groups excluding carboxylic acids is 2. The molecule has 10 heteroatoms. The lowest BCUT2D eigenvalue weighted by atomic mass is 9.80. The second kappa shape index (κ2) is 17.3. The Balaban J connectivity index is 0.984. The van der Waals surface area contributed by atoms with Crippen molar-refractivity contribution in [3.8, 4) is 0 Å². The minimum atomic E-state index is -0.367. The van der Waals surface area contributed by atoms with Gasteiger partial charge >= 0.3 is 11.9 Å². The number of piperidine rings is 2. The fraction of sp³-hybridized carbons (Fsp3) is 0.674. The van der Waals surface area contributed by atoms with Crippen molar-refractivity contribution in [3.63, 3.8) is 0 Å². The van der Waals surface area contributed by atoms with Crippen LogP contribution in [0, 0.1) is 5.21 Å². The van der Waals surface area contributed by atoms with Gasteiger partial charge in [-0.15, -0.1) is 0 Å². The van der Waals surface area contributed by atoms with Crippen LogP contribution in [0.2, 0.25) is 0 Å². The zero-order valence-corrected chi connectivity index (χ0v) is 35.3. The molecule has 0 bridgehead atoms. The van der Waals surface area contributed by atoms with Crippen molar-refractivity contribution >= 4 is 18.2 Å². The maximum absolute atomic E-state index is 13.2. The summed E-state index contributed by atoms with van der Waals surface area (Å²) < 4.78 is 13.0. The molecule has 4 fully saturated rings. The summed E-state index contributed by atoms with van der Waals surface area (Å²) in [6.07, 6.45) is 16.1. The van der Waals surface area contributed by atoms with Gasteiger partial charge in [0.15, 0.2) is 12.8 Å². The van der Waals surface area contributed by atoms with E-state index in [-0.39, 0.29) is 65.1 Å². The number of carbonyl (C=O) groups is 2. The standard InChI is InChI=1S/C46H67N3O7/c1-43(2)27-39(28-44(3,4)48(43)55-37-15-11-9-12-16-37)53-41(50)35-23-19-33(20-24-35)31-47(52)32-34-21-25-36(26-22-34)42(51)54-40-29-45(5,6)49(46(7,8)30-40)56-38-17-13-10-14-18-38/h19-26,31,37-40H,9-18,27-30,32H2,1-8H3. The molecule has 2 saturated heterocycles. The van der Waals surface area contributed by atoms with Crippen molar-refractivity contribution in [1.82, 2.24) is 10.1 Å². The molecule has 0 unspecified atom stereocenters. The van der Waals surface area contributed by atoms with Crippen molar-refractivity contribution in [2.75, 3.05) is 0 Å². The van der Waals surface area contributed by atoms with Crippen molar-refractivity contribution in [2.24, 2.45) is 0 Å². The molecule has 2 aliphatic heterocycles. The van der Waals surface area contributed by atoms with E-state index in [0.29, 0.717) is 42.4 Å². The third kappa shape index (κ3) is 10.6. The fourth-order valence-electron chi connectivity index (χ4n) is 10.0. The second-order valence-electron chi connectivity index (χ2n) is 19.5. The Kier molecular flexibility index (Phi) is 13.0. The Labute approximate surface area is 335 Å². The molecule has 2 saturated carbocycles. The summed E-state index contributed by atoms with van der Waals surface area (Å²) in [5.41, 5.74) is 1.19. The highest BCUT2D eigenvalue weighted by Gasteiger charge is 2.50. The highest BCUT2D eigenvalue weighted by atomic mass is 16.7. The number of ether oxygens (including phenoxy) is 2. The van der Waals surface area contributed by atoms with Gasteiger partial charge in [0.1, 0.15) is 12.2 Å². The first kappa shape index (κ1) is 42.3. The molecule has 0 radical (unpaired) electrons. The van der Waals surface area contributed by atoms with Crippen LogP contribution < -0.4 is 0 Å². The quantitative estimate of drug-likeness (QED) is 0.0726. The topological polar surface area (TPSA) is 104 Å². The van der Waals surface area contributed by atoms with Crippen LogP contribution >= 0.6 is 0 Å². The minimum absolute atomic E-state index is 0.107. The van der Waals surface area contributed by atoms with E-state index in [1.54, 1.807) is 48.5 Å². The summed E-state index contributed by atoms with van der Waals surface area (Å²) in [6.45, 7) is 17.4. The van der Waals surface area contributed by atoms with Crippen LogP contribution in [0.4, 0.5) is 0 Å². The number of benzene rings is 2. The average molecular weight is 774 g/mol. The number of nitrogens with zero attached hydrogens (tertiary/aromatic N) is 3. The maximum Gasteiger partial charge on any atom is 0.338 e. The lowest BCUT2D eigenvalue weighted by Gasteiger charge is -2.54. The Morgan fingerprint density at radius 1 is 0.589 bits per heavy atom. The van der Waals surface area contributed by atoms with Crippen molar-refractivity contribution in [2.45, 2.75) is 198 Å². The van der Waals surface area contributed by atoms with Crippen LogP contribution in [0.5, 0.6) is 0 Å². The van der Waals surface area contributed by atoms with Gasteiger partial charge in [-0.05, 0) is 117 Å². The first-order valence-corrected chi connectivity index (χ1v) is 21.2. The lowest BCUT2D eigenvalue weighted by Crippen LogP contribution is -2.63. The van der Waals surface area contributed by atoms with Gasteiger partial charge in [0.25, 0.3) is 0 Å². The zero-order valence-electron chi connectivity index (χ0n) is 35.3. The Hall–Kier alpha value is -3.31. The number of hydroxylamine groups is 5. The van der Waals surface area contributed by atoms with Gasteiger partial charge in [-0.25, -0.2) is 14.3 Å². The van der Waals surface area contributed by atoms with E-state index in [1.165, 1.54) is 44.7 Å². The molecule has 0 aromatic heterocycles. The summed E-state index contributed by atoms with van der Waals surface area (Å²) in [7, 11) is 0. The summed E-state index contributed by atoms with van der Waals surface area (Å²) in [4.78, 5) is 39.7. The Morgan fingerprint density at radius 3 is 1.32 bits per heavy atom. The van der Waals surface area contributed by atoms with Gasteiger partial charge in [0.05, 0.1) is 23.3 Å². The van der Waals surface area contributed by atoms with Gasteiger partial charge in [-0.3, -0.25) is 9.68 Å². The maximum atomic E-state index is 13.2. The van der Waals surface area contributed by atoms with E-state index in [4.69, 9.17) is 19.1 Å². The lowest BCUT2D eigenvalue weighted by molar-refractivity contribution is -0.469. The molecule has 2 aromatic carbocycles. The van der Waals surface area contributed by atoms with Crippen LogP contribution in [0.25, 0.3) is 0 Å². The van der Waals surface area contributed by atoms with E-state index in [1.807, 2.05) is 0 Å². The highest BCUT2D eigenvalue weighted by molar-refractivity contribution is 5.90. The van der Waals surface area contributed by atoms with Crippen molar-refractivity contribution in [3.05, 3.63) is 76.0 Å². The van der Waals surface area contributed by atoms with E-state index >= 15 is 0 Å². The molecule has 0 atom stereocenters. The highest BCUT2D eigenvalue weighted by Crippen LogP contribution is 2.43. The first-order valence-electron chi connectivity index (χ1n) is 21.2. The van der Waals surface area contributed by atoms with E-state index in [0.717, 1.165) is 36.0 Å². The van der Waals surface area contributed by atoms with Gasteiger partial charge < -0.3 is 14.7 Å². The molecule has 0 N–H and O–H groups in total. The van der Waals surface area contributed by atoms with Crippen molar-refractivity contribution < 1.29 is 33.5 Å². The summed E-state index contributed by atoms with van der Waals surface area (Å²) in [5, 5.41) is 17.3. The molecule has 10 nitrogen and oxygen atoms in total. The number of rotatable bonds is 11. The van der Waals surface area contributed by atoms with Crippen LogP contribution in [0.1, 0.15) is 177 Å². The summed E-state index contributed by atoms with van der Waals surface area (Å²) >= 11 is 0. The summed E-state index contributed by atoms with van der Waals surface area (Å²) in [6, 6.07) is 13.9. The smallest absolute Gasteiger partial charge is 0.338 e. The van der Waals surface area contributed by atoms with Crippen LogP contribution in [0.15, 0.2) is 48.5 Å². The zero-order chi connectivity index (χ0) is 40.3. The molecule has 56 heavy (non-hydrogen) atoms. The third-order valence-electron chi connectivity index (χ3n) is 12.2. The number of esters is 2. The molecule has 6 rings (SSSR count). The van der Waals surface area contributed by atoms with E-state index < -0.39 is 0 Å². The van der Waals surface area contributed by atoms with Gasteiger partial charge in [-0.1, -0.05) is 50.7 Å². The van der Waals surface area contributed by atoms with Gasteiger partial charge in [0, 0.05) is 59.0 Å². The monoisotopic (exact) mass is 773 g/mol. The van der Waals surface area contributed by atoms with Gasteiger partial charge in [-0.2, -0.15) is 10.1 Å². The molecule has 0 amide bonds. The minimum Gasteiger partial charge on any atom is -0.624 e. The third-order valence-corrected chi connectivity index (χ3v) is 12.2. The van der Waals surface area contributed by atoms with Crippen LogP contribution in [0.3, 0.4) is 0 Å². The molecule has 2 aliphatic carbocycles. The molecular weight excluding hydrogens is 707 g/mol. The molecule has 0 spiro atoms. The van der Waals surface area contributed by atoms with E-state index in [2.05, 4.69) is 65.5 Å². The average Bonchev–Trinajstić information content (AvgIpc) is 3.12.